The van der Waals surface area contributed by atoms with Crippen LogP contribution in [0.15, 0.2) is 29.6 Å². The van der Waals surface area contributed by atoms with Crippen LogP contribution in [0.2, 0.25) is 0 Å². The molecule has 1 amide bonds. The van der Waals surface area contributed by atoms with Crippen molar-refractivity contribution >= 4 is 23.2 Å². The molecule has 1 aromatic heterocycles. The Hall–Kier alpha value is -2.41. The van der Waals surface area contributed by atoms with Crippen LogP contribution in [0, 0.1) is 12.8 Å². The van der Waals surface area contributed by atoms with Gasteiger partial charge in [0.2, 0.25) is 0 Å². The molecule has 0 unspecified atom stereocenters. The van der Waals surface area contributed by atoms with Gasteiger partial charge in [0, 0.05) is 18.5 Å². The van der Waals surface area contributed by atoms with Gasteiger partial charge in [-0.3, -0.25) is 4.79 Å². The van der Waals surface area contributed by atoms with E-state index in [0.717, 1.165) is 42.3 Å². The lowest BCUT2D eigenvalue weighted by atomic mass is 9.87. The lowest BCUT2D eigenvalue weighted by Crippen LogP contribution is -2.41. The Kier molecular flexibility index (Phi) is 7.25. The van der Waals surface area contributed by atoms with Crippen molar-refractivity contribution in [2.75, 3.05) is 13.7 Å². The van der Waals surface area contributed by atoms with Gasteiger partial charge < -0.3 is 14.4 Å². The molecule has 0 N–H and O–H groups in total. The van der Waals surface area contributed by atoms with E-state index in [1.165, 1.54) is 0 Å². The second-order valence-electron chi connectivity index (χ2n) is 7.67. The largest absolute Gasteiger partial charge is 0.487 e. The third-order valence-electron chi connectivity index (χ3n) is 5.38. The maximum atomic E-state index is 12.4. The number of likely N-dealkylation sites (N-methyl/N-ethyl adjacent to an activating group) is 1. The standard InChI is InChI=1S/C22H28N2O4S/c1-15-7-9-19(10-8-15)24(3)21(25)13-28-22(26)17-5-4-6-20(11-17)27-12-18-14-29-16(2)23-18/h4-6,11,14-15,19H,7-10,12-13H2,1-3H3. The van der Waals surface area contributed by atoms with E-state index in [1.807, 2.05) is 12.3 Å². The zero-order chi connectivity index (χ0) is 20.8. The summed E-state index contributed by atoms with van der Waals surface area (Å²) in [6.45, 7) is 4.28. The molecule has 0 aliphatic heterocycles. The fourth-order valence-electron chi connectivity index (χ4n) is 3.49. The monoisotopic (exact) mass is 416 g/mol. The first-order chi connectivity index (χ1) is 13.9. The molecule has 29 heavy (non-hydrogen) atoms. The smallest absolute Gasteiger partial charge is 0.338 e. The number of hydrogen-bond acceptors (Lipinski definition) is 6. The minimum absolute atomic E-state index is 0.163. The number of amides is 1. The molecule has 0 saturated heterocycles. The predicted molar refractivity (Wildman–Crippen MR) is 112 cm³/mol. The highest BCUT2D eigenvalue weighted by molar-refractivity contribution is 7.09. The zero-order valence-electron chi connectivity index (χ0n) is 17.2. The van der Waals surface area contributed by atoms with Crippen molar-refractivity contribution < 1.29 is 19.1 Å². The first kappa shape index (κ1) is 21.3. The molecule has 0 radical (unpaired) electrons. The number of carbonyl (C=O) groups is 2. The molecule has 1 heterocycles. The summed E-state index contributed by atoms with van der Waals surface area (Å²) in [6.07, 6.45) is 4.29. The molecule has 156 valence electrons. The molecule has 0 spiro atoms. The van der Waals surface area contributed by atoms with Gasteiger partial charge in [0.1, 0.15) is 12.4 Å². The maximum Gasteiger partial charge on any atom is 0.338 e. The Bertz CT molecular complexity index is 843. The minimum Gasteiger partial charge on any atom is -0.487 e. The van der Waals surface area contributed by atoms with E-state index >= 15 is 0 Å². The molecule has 2 aromatic rings. The molecule has 1 aliphatic rings. The number of rotatable bonds is 7. The fraction of sp³-hybridized carbons (Fsp3) is 0.500. The normalized spacial score (nSPS) is 18.9. The van der Waals surface area contributed by atoms with E-state index in [0.29, 0.717) is 17.9 Å². The van der Waals surface area contributed by atoms with Crippen molar-refractivity contribution in [1.82, 2.24) is 9.88 Å². The van der Waals surface area contributed by atoms with E-state index in [9.17, 15) is 9.59 Å². The van der Waals surface area contributed by atoms with E-state index in [2.05, 4.69) is 11.9 Å². The molecule has 0 bridgehead atoms. The summed E-state index contributed by atoms with van der Waals surface area (Å²) in [7, 11) is 1.80. The quantitative estimate of drug-likeness (QED) is 0.632. The molecule has 1 fully saturated rings. The second-order valence-corrected chi connectivity index (χ2v) is 8.73. The number of carbonyl (C=O) groups excluding carboxylic acids is 2. The van der Waals surface area contributed by atoms with Gasteiger partial charge in [-0.25, -0.2) is 9.78 Å². The molecule has 3 rings (SSSR count). The van der Waals surface area contributed by atoms with Gasteiger partial charge in [-0.15, -0.1) is 11.3 Å². The fourth-order valence-corrected chi connectivity index (χ4v) is 4.09. The Morgan fingerprint density at radius 1 is 1.24 bits per heavy atom. The number of ether oxygens (including phenoxy) is 2. The topological polar surface area (TPSA) is 68.7 Å². The molecular weight excluding hydrogens is 388 g/mol. The van der Waals surface area contributed by atoms with Crippen molar-refractivity contribution in [2.45, 2.75) is 52.2 Å². The molecular formula is C22H28N2O4S. The van der Waals surface area contributed by atoms with Crippen LogP contribution in [0.3, 0.4) is 0 Å². The number of nitrogens with zero attached hydrogens (tertiary/aromatic N) is 2. The molecule has 1 aliphatic carbocycles. The van der Waals surface area contributed by atoms with Crippen LogP contribution in [-0.2, 0) is 16.1 Å². The maximum absolute atomic E-state index is 12.4. The number of esters is 1. The van der Waals surface area contributed by atoms with Gasteiger partial charge in [0.05, 0.1) is 16.3 Å². The van der Waals surface area contributed by atoms with Crippen LogP contribution in [0.1, 0.15) is 53.7 Å². The van der Waals surface area contributed by atoms with E-state index in [-0.39, 0.29) is 18.6 Å². The summed E-state index contributed by atoms with van der Waals surface area (Å²) >= 11 is 1.57. The number of aromatic nitrogens is 1. The van der Waals surface area contributed by atoms with Crippen LogP contribution < -0.4 is 4.74 Å². The van der Waals surface area contributed by atoms with Crippen LogP contribution in [0.4, 0.5) is 0 Å². The van der Waals surface area contributed by atoms with Crippen molar-refractivity contribution in [3.05, 3.63) is 45.9 Å². The minimum atomic E-state index is -0.529. The van der Waals surface area contributed by atoms with Gasteiger partial charge in [0.25, 0.3) is 5.91 Å². The first-order valence-corrected chi connectivity index (χ1v) is 10.9. The van der Waals surface area contributed by atoms with E-state index < -0.39 is 5.97 Å². The van der Waals surface area contributed by atoms with E-state index in [4.69, 9.17) is 9.47 Å². The molecule has 7 heteroatoms. The van der Waals surface area contributed by atoms with Crippen molar-refractivity contribution in [3.63, 3.8) is 0 Å². The van der Waals surface area contributed by atoms with Crippen molar-refractivity contribution in [1.29, 1.82) is 0 Å². The molecule has 1 saturated carbocycles. The highest BCUT2D eigenvalue weighted by Gasteiger charge is 2.25. The lowest BCUT2D eigenvalue weighted by molar-refractivity contribution is -0.136. The Morgan fingerprint density at radius 2 is 2.00 bits per heavy atom. The number of hydrogen-bond donors (Lipinski definition) is 0. The van der Waals surface area contributed by atoms with Crippen molar-refractivity contribution in [3.8, 4) is 5.75 Å². The first-order valence-electron chi connectivity index (χ1n) is 9.99. The zero-order valence-corrected chi connectivity index (χ0v) is 18.0. The average Bonchev–Trinajstić information content (AvgIpc) is 3.15. The summed E-state index contributed by atoms with van der Waals surface area (Å²) in [6, 6.07) is 7.02. The average molecular weight is 417 g/mol. The van der Waals surface area contributed by atoms with Gasteiger partial charge in [0.15, 0.2) is 6.61 Å². The SMILES string of the molecule is Cc1nc(COc2cccc(C(=O)OCC(=O)N(C)C3CCC(C)CC3)c2)cs1. The van der Waals surface area contributed by atoms with E-state index in [1.54, 1.807) is 47.5 Å². The summed E-state index contributed by atoms with van der Waals surface area (Å²) in [5.41, 5.74) is 1.21. The molecule has 6 nitrogen and oxygen atoms in total. The summed E-state index contributed by atoms with van der Waals surface area (Å²) in [5, 5.41) is 2.93. The number of aryl methyl sites for hydroxylation is 1. The predicted octanol–water partition coefficient (Wildman–Crippen LogP) is 4.22. The lowest BCUT2D eigenvalue weighted by Gasteiger charge is -2.33. The van der Waals surface area contributed by atoms with Gasteiger partial charge in [-0.05, 0) is 56.7 Å². The van der Waals surface area contributed by atoms with Gasteiger partial charge in [-0.1, -0.05) is 13.0 Å². The second kappa shape index (κ2) is 9.87. The summed E-state index contributed by atoms with van der Waals surface area (Å²) in [5.74, 6) is 0.592. The molecule has 1 aromatic carbocycles. The van der Waals surface area contributed by atoms with Crippen LogP contribution >= 0.6 is 11.3 Å². The van der Waals surface area contributed by atoms with Gasteiger partial charge >= 0.3 is 5.97 Å². The number of benzene rings is 1. The Balaban J connectivity index is 1.49. The third-order valence-corrected chi connectivity index (χ3v) is 6.20. The van der Waals surface area contributed by atoms with Gasteiger partial charge in [-0.2, -0.15) is 0 Å². The Morgan fingerprint density at radius 3 is 2.69 bits per heavy atom. The highest BCUT2D eigenvalue weighted by atomic mass is 32.1. The van der Waals surface area contributed by atoms with Crippen LogP contribution in [0.25, 0.3) is 0 Å². The number of thiazole rings is 1. The summed E-state index contributed by atoms with van der Waals surface area (Å²) < 4.78 is 11.0. The van der Waals surface area contributed by atoms with Crippen LogP contribution in [0.5, 0.6) is 5.75 Å². The third kappa shape index (κ3) is 6.03. The Labute approximate surface area is 175 Å². The van der Waals surface area contributed by atoms with Crippen LogP contribution in [-0.4, -0.2) is 41.5 Å². The van der Waals surface area contributed by atoms with Crippen molar-refractivity contribution in [2.24, 2.45) is 5.92 Å². The highest BCUT2D eigenvalue weighted by Crippen LogP contribution is 2.26. The molecule has 0 atom stereocenters. The summed E-state index contributed by atoms with van der Waals surface area (Å²) in [4.78, 5) is 30.8.